The molecule has 1 saturated carbocycles. The van der Waals surface area contributed by atoms with Gasteiger partial charge in [-0.2, -0.15) is 4.52 Å². The lowest BCUT2D eigenvalue weighted by Crippen LogP contribution is -2.37. The molecule has 1 aliphatic heterocycles. The first-order valence-corrected chi connectivity index (χ1v) is 8.47. The van der Waals surface area contributed by atoms with Gasteiger partial charge in [0, 0.05) is 13.1 Å². The number of fused-ring (bicyclic) bond motifs is 1. The lowest BCUT2D eigenvalue weighted by molar-refractivity contribution is 0.393. The van der Waals surface area contributed by atoms with E-state index >= 15 is 0 Å². The predicted octanol–water partition coefficient (Wildman–Crippen LogP) is 3.31. The summed E-state index contributed by atoms with van der Waals surface area (Å²) in [5, 5.41) is 13.0. The second kappa shape index (κ2) is 5.00. The number of benzene rings is 1. The van der Waals surface area contributed by atoms with Crippen LogP contribution in [0.1, 0.15) is 25.7 Å². The van der Waals surface area contributed by atoms with E-state index in [9.17, 15) is 4.39 Å². The molecule has 1 saturated heterocycles. The Labute approximate surface area is 139 Å². The van der Waals surface area contributed by atoms with Crippen molar-refractivity contribution in [2.75, 3.05) is 18.0 Å². The van der Waals surface area contributed by atoms with Crippen molar-refractivity contribution in [1.82, 2.24) is 19.8 Å². The normalized spacial score (nSPS) is 19.1. The number of hydrogen-bond acceptors (Lipinski definition) is 4. The topological polar surface area (TPSA) is 46.3 Å². The molecule has 1 spiro atoms. The van der Waals surface area contributed by atoms with Crippen LogP contribution in [0.15, 0.2) is 36.4 Å². The first-order valence-electron chi connectivity index (χ1n) is 8.47. The first kappa shape index (κ1) is 13.9. The van der Waals surface area contributed by atoms with Gasteiger partial charge in [0.1, 0.15) is 11.6 Å². The SMILES string of the molecule is Fc1ccccc1-c1nnc2ccc(N3CCCC4(CC4)C3)nn12. The zero-order valence-corrected chi connectivity index (χ0v) is 13.3. The smallest absolute Gasteiger partial charge is 0.188 e. The second-order valence-corrected chi connectivity index (χ2v) is 6.99. The summed E-state index contributed by atoms with van der Waals surface area (Å²) in [4.78, 5) is 2.35. The molecule has 3 aromatic rings. The van der Waals surface area contributed by atoms with Crippen LogP contribution in [0.4, 0.5) is 10.2 Å². The summed E-state index contributed by atoms with van der Waals surface area (Å²) in [5.74, 6) is 1.06. The molecule has 1 aliphatic carbocycles. The van der Waals surface area contributed by atoms with E-state index in [0.717, 1.165) is 18.9 Å². The van der Waals surface area contributed by atoms with Gasteiger partial charge in [-0.25, -0.2) is 4.39 Å². The standard InChI is InChI=1S/C18H18FN5/c19-14-5-2-1-4-13(14)17-21-20-15-6-7-16(22-24(15)17)23-11-3-8-18(12-23)9-10-18/h1-2,4-7H,3,8-12H2. The van der Waals surface area contributed by atoms with E-state index in [4.69, 9.17) is 5.10 Å². The van der Waals surface area contributed by atoms with Crippen molar-refractivity contribution in [3.8, 4) is 11.4 Å². The third-order valence-electron chi connectivity index (χ3n) is 5.31. The number of anilines is 1. The predicted molar refractivity (Wildman–Crippen MR) is 89.3 cm³/mol. The molecule has 24 heavy (non-hydrogen) atoms. The lowest BCUT2D eigenvalue weighted by Gasteiger charge is -2.33. The van der Waals surface area contributed by atoms with Crippen LogP contribution in [0.2, 0.25) is 0 Å². The minimum atomic E-state index is -0.311. The molecule has 0 N–H and O–H groups in total. The van der Waals surface area contributed by atoms with Crippen LogP contribution in [-0.2, 0) is 0 Å². The van der Waals surface area contributed by atoms with Crippen molar-refractivity contribution in [1.29, 1.82) is 0 Å². The number of piperidine rings is 1. The Morgan fingerprint density at radius 1 is 1.00 bits per heavy atom. The van der Waals surface area contributed by atoms with Gasteiger partial charge in [-0.05, 0) is 55.4 Å². The molecular weight excluding hydrogens is 305 g/mol. The molecule has 1 aromatic carbocycles. The van der Waals surface area contributed by atoms with Crippen LogP contribution in [-0.4, -0.2) is 32.9 Å². The van der Waals surface area contributed by atoms with Crippen molar-refractivity contribution >= 4 is 11.5 Å². The van der Waals surface area contributed by atoms with E-state index in [0.29, 0.717) is 22.5 Å². The van der Waals surface area contributed by atoms with Gasteiger partial charge in [0.05, 0.1) is 5.56 Å². The Kier molecular flexibility index (Phi) is 2.89. The zero-order chi connectivity index (χ0) is 16.1. The highest BCUT2D eigenvalue weighted by atomic mass is 19.1. The maximum Gasteiger partial charge on any atom is 0.188 e. The van der Waals surface area contributed by atoms with E-state index < -0.39 is 0 Å². The van der Waals surface area contributed by atoms with Crippen molar-refractivity contribution in [2.45, 2.75) is 25.7 Å². The van der Waals surface area contributed by atoms with E-state index in [1.165, 1.54) is 31.7 Å². The van der Waals surface area contributed by atoms with Crippen molar-refractivity contribution in [2.24, 2.45) is 5.41 Å². The Balaban J connectivity index is 1.58. The molecule has 0 unspecified atom stereocenters. The van der Waals surface area contributed by atoms with Crippen LogP contribution in [0.5, 0.6) is 0 Å². The second-order valence-electron chi connectivity index (χ2n) is 6.99. The average Bonchev–Trinajstić information content (AvgIpc) is 3.21. The summed E-state index contributed by atoms with van der Waals surface area (Å²) in [7, 11) is 0. The molecule has 2 fully saturated rings. The highest BCUT2D eigenvalue weighted by molar-refractivity contribution is 5.60. The van der Waals surface area contributed by atoms with Crippen molar-refractivity contribution in [3.05, 3.63) is 42.2 Å². The molecule has 0 bridgehead atoms. The van der Waals surface area contributed by atoms with Gasteiger partial charge < -0.3 is 4.90 Å². The number of rotatable bonds is 2. The lowest BCUT2D eigenvalue weighted by atomic mass is 9.95. The monoisotopic (exact) mass is 323 g/mol. The van der Waals surface area contributed by atoms with E-state index in [-0.39, 0.29) is 5.82 Å². The third-order valence-corrected chi connectivity index (χ3v) is 5.31. The van der Waals surface area contributed by atoms with Gasteiger partial charge in [-0.15, -0.1) is 15.3 Å². The van der Waals surface area contributed by atoms with E-state index in [2.05, 4.69) is 15.1 Å². The maximum absolute atomic E-state index is 14.1. The fourth-order valence-electron chi connectivity index (χ4n) is 3.75. The van der Waals surface area contributed by atoms with Gasteiger partial charge in [0.25, 0.3) is 0 Å². The summed E-state index contributed by atoms with van der Waals surface area (Å²) in [6.45, 7) is 2.10. The van der Waals surface area contributed by atoms with Gasteiger partial charge in [0.15, 0.2) is 11.5 Å². The van der Waals surface area contributed by atoms with Crippen LogP contribution in [0, 0.1) is 11.2 Å². The summed E-state index contributed by atoms with van der Waals surface area (Å²) >= 11 is 0. The molecule has 0 atom stereocenters. The van der Waals surface area contributed by atoms with Crippen molar-refractivity contribution < 1.29 is 4.39 Å². The quantitative estimate of drug-likeness (QED) is 0.726. The molecule has 6 heteroatoms. The van der Waals surface area contributed by atoms with Crippen LogP contribution >= 0.6 is 0 Å². The molecule has 3 heterocycles. The fraction of sp³-hybridized carbons (Fsp3) is 0.389. The van der Waals surface area contributed by atoms with Crippen LogP contribution in [0.3, 0.4) is 0 Å². The molecule has 122 valence electrons. The average molecular weight is 323 g/mol. The number of halogens is 1. The summed E-state index contributed by atoms with van der Waals surface area (Å²) in [6.07, 6.45) is 5.21. The highest BCUT2D eigenvalue weighted by Gasteiger charge is 2.45. The third kappa shape index (κ3) is 2.17. The maximum atomic E-state index is 14.1. The van der Waals surface area contributed by atoms with E-state index in [1.807, 2.05) is 12.1 Å². The van der Waals surface area contributed by atoms with Gasteiger partial charge in [-0.1, -0.05) is 12.1 Å². The summed E-state index contributed by atoms with van der Waals surface area (Å²) in [6, 6.07) is 10.5. The molecule has 2 aromatic heterocycles. The fourth-order valence-corrected chi connectivity index (χ4v) is 3.75. The minimum Gasteiger partial charge on any atom is -0.355 e. The van der Waals surface area contributed by atoms with Crippen LogP contribution < -0.4 is 4.90 Å². The number of aromatic nitrogens is 4. The molecule has 0 radical (unpaired) electrons. The Hall–Kier alpha value is -2.50. The summed E-state index contributed by atoms with van der Waals surface area (Å²) in [5.41, 5.74) is 1.58. The summed E-state index contributed by atoms with van der Waals surface area (Å²) < 4.78 is 15.8. The molecule has 2 aliphatic rings. The van der Waals surface area contributed by atoms with Gasteiger partial charge >= 0.3 is 0 Å². The molecule has 5 nitrogen and oxygen atoms in total. The van der Waals surface area contributed by atoms with Crippen LogP contribution in [0.25, 0.3) is 17.0 Å². The highest BCUT2D eigenvalue weighted by Crippen LogP contribution is 2.52. The van der Waals surface area contributed by atoms with Crippen molar-refractivity contribution in [3.63, 3.8) is 0 Å². The molecule has 0 amide bonds. The number of nitrogens with zero attached hydrogens (tertiary/aromatic N) is 5. The van der Waals surface area contributed by atoms with Gasteiger partial charge in [-0.3, -0.25) is 0 Å². The largest absolute Gasteiger partial charge is 0.355 e. The zero-order valence-electron chi connectivity index (χ0n) is 13.3. The molecule has 5 rings (SSSR count). The Bertz CT molecular complexity index is 915. The Morgan fingerprint density at radius 2 is 1.88 bits per heavy atom. The minimum absolute atomic E-state index is 0.311. The van der Waals surface area contributed by atoms with E-state index in [1.54, 1.807) is 22.7 Å². The van der Waals surface area contributed by atoms with Gasteiger partial charge in [0.2, 0.25) is 0 Å². The first-order chi connectivity index (χ1) is 11.7. The molecular formula is C18H18FN5. The number of hydrogen-bond donors (Lipinski definition) is 0. The Morgan fingerprint density at radius 3 is 2.71 bits per heavy atom.